The lowest BCUT2D eigenvalue weighted by atomic mass is 9.99. The standard InChI is InChI=1S/C21H24O5/c1-23-19-8-6-15(13-22)11-17(19)18-12-16(7-9-20(18)24-2)14-26-21-5-3-4-10-25-21/h6-9,11-13,21H,3-5,10,14H2,1-2H3. The molecular weight excluding hydrogens is 332 g/mol. The molecule has 0 bridgehead atoms. The Bertz CT molecular complexity index is 750. The molecule has 5 nitrogen and oxygen atoms in total. The molecule has 0 spiro atoms. The fourth-order valence-corrected chi connectivity index (χ4v) is 3.10. The molecule has 1 heterocycles. The minimum Gasteiger partial charge on any atom is -0.496 e. The molecule has 0 radical (unpaired) electrons. The van der Waals surface area contributed by atoms with Crippen molar-refractivity contribution in [1.29, 1.82) is 0 Å². The van der Waals surface area contributed by atoms with Gasteiger partial charge in [0.1, 0.15) is 17.8 Å². The highest BCUT2D eigenvalue weighted by Crippen LogP contribution is 2.37. The zero-order chi connectivity index (χ0) is 18.4. The quantitative estimate of drug-likeness (QED) is 0.695. The van der Waals surface area contributed by atoms with Crippen LogP contribution in [0.4, 0.5) is 0 Å². The Morgan fingerprint density at radius 1 is 1.04 bits per heavy atom. The van der Waals surface area contributed by atoms with Gasteiger partial charge in [-0.15, -0.1) is 0 Å². The number of ether oxygens (including phenoxy) is 4. The summed E-state index contributed by atoms with van der Waals surface area (Å²) in [4.78, 5) is 11.2. The van der Waals surface area contributed by atoms with Crippen molar-refractivity contribution >= 4 is 6.29 Å². The predicted octanol–water partition coefficient (Wildman–Crippen LogP) is 4.23. The van der Waals surface area contributed by atoms with E-state index < -0.39 is 0 Å². The molecule has 3 rings (SSSR count). The number of aldehydes is 1. The van der Waals surface area contributed by atoms with Crippen LogP contribution in [0.3, 0.4) is 0 Å². The molecule has 1 atom stereocenters. The Labute approximate surface area is 153 Å². The van der Waals surface area contributed by atoms with E-state index in [1.807, 2.05) is 18.2 Å². The van der Waals surface area contributed by atoms with Crippen LogP contribution in [-0.2, 0) is 16.1 Å². The second kappa shape index (κ2) is 8.83. The zero-order valence-corrected chi connectivity index (χ0v) is 15.2. The number of hydrogen-bond acceptors (Lipinski definition) is 5. The van der Waals surface area contributed by atoms with Crippen molar-refractivity contribution in [2.75, 3.05) is 20.8 Å². The fraction of sp³-hybridized carbons (Fsp3) is 0.381. The van der Waals surface area contributed by atoms with Gasteiger partial charge in [-0.1, -0.05) is 6.07 Å². The first-order chi connectivity index (χ1) is 12.7. The third kappa shape index (κ3) is 4.23. The summed E-state index contributed by atoms with van der Waals surface area (Å²) in [5.74, 6) is 1.39. The van der Waals surface area contributed by atoms with Gasteiger partial charge in [0.05, 0.1) is 20.8 Å². The largest absolute Gasteiger partial charge is 0.496 e. The van der Waals surface area contributed by atoms with Crippen molar-refractivity contribution in [3.63, 3.8) is 0 Å². The summed E-state index contributed by atoms with van der Waals surface area (Å²) < 4.78 is 22.5. The van der Waals surface area contributed by atoms with E-state index in [0.29, 0.717) is 23.7 Å². The molecule has 0 aromatic heterocycles. The molecule has 1 fully saturated rings. The highest BCUT2D eigenvalue weighted by Gasteiger charge is 2.16. The van der Waals surface area contributed by atoms with Gasteiger partial charge in [-0.25, -0.2) is 0 Å². The monoisotopic (exact) mass is 356 g/mol. The molecular formula is C21H24O5. The molecule has 1 saturated heterocycles. The van der Waals surface area contributed by atoms with E-state index in [2.05, 4.69) is 0 Å². The molecule has 0 aliphatic carbocycles. The average molecular weight is 356 g/mol. The minimum atomic E-state index is -0.137. The maximum absolute atomic E-state index is 11.2. The maximum Gasteiger partial charge on any atom is 0.158 e. The number of hydrogen-bond donors (Lipinski definition) is 0. The van der Waals surface area contributed by atoms with Gasteiger partial charge in [0.15, 0.2) is 6.29 Å². The first-order valence-corrected chi connectivity index (χ1v) is 8.79. The molecule has 0 amide bonds. The van der Waals surface area contributed by atoms with Gasteiger partial charge in [0, 0.05) is 23.3 Å². The number of rotatable bonds is 7. The molecule has 0 N–H and O–H groups in total. The SMILES string of the molecule is COc1ccc(C=O)cc1-c1cc(COC2CCCCO2)ccc1OC. The highest BCUT2D eigenvalue weighted by atomic mass is 16.7. The van der Waals surface area contributed by atoms with Gasteiger partial charge in [0.25, 0.3) is 0 Å². The Morgan fingerprint density at radius 3 is 2.42 bits per heavy atom. The molecule has 0 saturated carbocycles. The van der Waals surface area contributed by atoms with E-state index in [0.717, 1.165) is 48.8 Å². The number of benzene rings is 2. The average Bonchev–Trinajstić information content (AvgIpc) is 2.72. The van der Waals surface area contributed by atoms with E-state index in [-0.39, 0.29) is 6.29 Å². The Balaban J connectivity index is 1.89. The van der Waals surface area contributed by atoms with E-state index in [1.165, 1.54) is 0 Å². The van der Waals surface area contributed by atoms with Crippen LogP contribution in [0.25, 0.3) is 11.1 Å². The molecule has 1 unspecified atom stereocenters. The molecule has 26 heavy (non-hydrogen) atoms. The van der Waals surface area contributed by atoms with Crippen molar-refractivity contribution in [2.45, 2.75) is 32.2 Å². The van der Waals surface area contributed by atoms with Crippen LogP contribution in [0, 0.1) is 0 Å². The molecule has 2 aromatic rings. The van der Waals surface area contributed by atoms with E-state index >= 15 is 0 Å². The van der Waals surface area contributed by atoms with Crippen molar-refractivity contribution < 1.29 is 23.7 Å². The topological polar surface area (TPSA) is 54.0 Å². The van der Waals surface area contributed by atoms with E-state index in [1.54, 1.807) is 32.4 Å². The number of carbonyl (C=O) groups is 1. The Hall–Kier alpha value is -2.37. The van der Waals surface area contributed by atoms with Crippen LogP contribution in [0.2, 0.25) is 0 Å². The van der Waals surface area contributed by atoms with Gasteiger partial charge >= 0.3 is 0 Å². The second-order valence-electron chi connectivity index (χ2n) is 6.22. The third-order valence-corrected chi connectivity index (χ3v) is 4.49. The van der Waals surface area contributed by atoms with Gasteiger partial charge in [0.2, 0.25) is 0 Å². The summed E-state index contributed by atoms with van der Waals surface area (Å²) in [6.45, 7) is 1.21. The lowest BCUT2D eigenvalue weighted by Gasteiger charge is -2.23. The van der Waals surface area contributed by atoms with Gasteiger partial charge in [-0.3, -0.25) is 4.79 Å². The predicted molar refractivity (Wildman–Crippen MR) is 98.7 cm³/mol. The van der Waals surface area contributed by atoms with Gasteiger partial charge < -0.3 is 18.9 Å². The summed E-state index contributed by atoms with van der Waals surface area (Å²) in [7, 11) is 3.24. The third-order valence-electron chi connectivity index (χ3n) is 4.49. The normalized spacial score (nSPS) is 16.9. The summed E-state index contributed by atoms with van der Waals surface area (Å²) in [5.41, 5.74) is 3.26. The summed E-state index contributed by atoms with van der Waals surface area (Å²) in [6.07, 6.45) is 3.84. The smallest absolute Gasteiger partial charge is 0.158 e. The number of methoxy groups -OCH3 is 2. The number of carbonyl (C=O) groups excluding carboxylic acids is 1. The van der Waals surface area contributed by atoms with Crippen molar-refractivity contribution in [2.24, 2.45) is 0 Å². The molecule has 2 aromatic carbocycles. The first kappa shape index (κ1) is 18.4. The van der Waals surface area contributed by atoms with Crippen LogP contribution in [0.5, 0.6) is 11.5 Å². The van der Waals surface area contributed by atoms with E-state index in [9.17, 15) is 4.79 Å². The Morgan fingerprint density at radius 2 is 1.77 bits per heavy atom. The van der Waals surface area contributed by atoms with Crippen molar-refractivity contribution in [3.05, 3.63) is 47.5 Å². The summed E-state index contributed by atoms with van der Waals surface area (Å²) in [5, 5.41) is 0. The molecule has 1 aliphatic rings. The fourth-order valence-electron chi connectivity index (χ4n) is 3.10. The van der Waals surface area contributed by atoms with Crippen LogP contribution < -0.4 is 9.47 Å². The summed E-state index contributed by atoms with van der Waals surface area (Å²) >= 11 is 0. The van der Waals surface area contributed by atoms with Crippen molar-refractivity contribution in [1.82, 2.24) is 0 Å². The lowest BCUT2D eigenvalue weighted by molar-refractivity contribution is -0.168. The zero-order valence-electron chi connectivity index (χ0n) is 15.2. The maximum atomic E-state index is 11.2. The molecule has 5 heteroatoms. The van der Waals surface area contributed by atoms with E-state index in [4.69, 9.17) is 18.9 Å². The first-order valence-electron chi connectivity index (χ1n) is 8.79. The lowest BCUT2D eigenvalue weighted by Crippen LogP contribution is -2.22. The van der Waals surface area contributed by atoms with Crippen LogP contribution >= 0.6 is 0 Å². The molecule has 1 aliphatic heterocycles. The highest BCUT2D eigenvalue weighted by molar-refractivity contribution is 5.83. The van der Waals surface area contributed by atoms with Gasteiger partial charge in [-0.2, -0.15) is 0 Å². The van der Waals surface area contributed by atoms with Gasteiger partial charge in [-0.05, 0) is 55.2 Å². The van der Waals surface area contributed by atoms with Crippen LogP contribution in [-0.4, -0.2) is 33.4 Å². The minimum absolute atomic E-state index is 0.137. The van der Waals surface area contributed by atoms with Crippen LogP contribution in [0.15, 0.2) is 36.4 Å². The molecule has 138 valence electrons. The van der Waals surface area contributed by atoms with Crippen molar-refractivity contribution in [3.8, 4) is 22.6 Å². The Kier molecular flexibility index (Phi) is 6.26. The summed E-state index contributed by atoms with van der Waals surface area (Å²) in [6, 6.07) is 11.2. The van der Waals surface area contributed by atoms with Crippen LogP contribution in [0.1, 0.15) is 35.2 Å². The second-order valence-corrected chi connectivity index (χ2v) is 6.22.